The second-order valence-corrected chi connectivity index (χ2v) is 4.80. The molecule has 1 unspecified atom stereocenters. The van der Waals surface area contributed by atoms with Crippen LogP contribution < -0.4 is 5.32 Å². The molecule has 0 aromatic heterocycles. The lowest BCUT2D eigenvalue weighted by Crippen LogP contribution is -2.18. The van der Waals surface area contributed by atoms with E-state index >= 15 is 0 Å². The SMILES string of the molecule is CCCCC(CC)Nc1c(Cl)cccc1Cl. The molecule has 1 nitrogen and oxygen atoms in total. The highest BCUT2D eigenvalue weighted by molar-refractivity contribution is 6.39. The lowest BCUT2D eigenvalue weighted by molar-refractivity contribution is 0.593. The molecule has 90 valence electrons. The van der Waals surface area contributed by atoms with Gasteiger partial charge in [-0.15, -0.1) is 0 Å². The van der Waals surface area contributed by atoms with E-state index < -0.39 is 0 Å². The van der Waals surface area contributed by atoms with Crippen LogP contribution in [0.5, 0.6) is 0 Å². The maximum atomic E-state index is 6.12. The molecule has 1 aromatic rings. The quantitative estimate of drug-likeness (QED) is 0.724. The Morgan fingerprint density at radius 3 is 2.31 bits per heavy atom. The van der Waals surface area contributed by atoms with Gasteiger partial charge in [-0.3, -0.25) is 0 Å². The Labute approximate surface area is 108 Å². The van der Waals surface area contributed by atoms with E-state index in [0.717, 1.165) is 18.5 Å². The Bertz CT molecular complexity index is 305. The van der Waals surface area contributed by atoms with E-state index in [0.29, 0.717) is 16.1 Å². The number of benzene rings is 1. The molecule has 16 heavy (non-hydrogen) atoms. The standard InChI is InChI=1S/C13H19Cl2N/c1-3-5-7-10(4-2)16-13-11(14)8-6-9-12(13)15/h6,8-10,16H,3-5,7H2,1-2H3. The smallest absolute Gasteiger partial charge is 0.0721 e. The highest BCUT2D eigenvalue weighted by atomic mass is 35.5. The van der Waals surface area contributed by atoms with Crippen LogP contribution in [0.25, 0.3) is 0 Å². The highest BCUT2D eigenvalue weighted by Gasteiger charge is 2.10. The lowest BCUT2D eigenvalue weighted by atomic mass is 10.1. The van der Waals surface area contributed by atoms with Gasteiger partial charge in [0.1, 0.15) is 0 Å². The van der Waals surface area contributed by atoms with Crippen molar-refractivity contribution in [2.75, 3.05) is 5.32 Å². The molecule has 0 bridgehead atoms. The van der Waals surface area contributed by atoms with Gasteiger partial charge in [0, 0.05) is 6.04 Å². The van der Waals surface area contributed by atoms with Crippen LogP contribution in [0, 0.1) is 0 Å². The molecule has 0 spiro atoms. The maximum absolute atomic E-state index is 6.12. The average molecular weight is 260 g/mol. The zero-order valence-corrected chi connectivity index (χ0v) is 11.4. The summed E-state index contributed by atoms with van der Waals surface area (Å²) in [6.07, 6.45) is 4.69. The minimum Gasteiger partial charge on any atom is -0.380 e. The first-order chi connectivity index (χ1) is 7.69. The van der Waals surface area contributed by atoms with Crippen molar-refractivity contribution in [3.8, 4) is 0 Å². The summed E-state index contributed by atoms with van der Waals surface area (Å²) in [5.74, 6) is 0. The number of rotatable bonds is 6. The molecule has 0 aliphatic carbocycles. The summed E-state index contributed by atoms with van der Waals surface area (Å²) in [6, 6.07) is 6.05. The van der Waals surface area contributed by atoms with Gasteiger partial charge in [-0.25, -0.2) is 0 Å². The van der Waals surface area contributed by atoms with Crippen LogP contribution >= 0.6 is 23.2 Å². The number of hydrogen-bond acceptors (Lipinski definition) is 1. The van der Waals surface area contributed by atoms with E-state index in [2.05, 4.69) is 19.2 Å². The van der Waals surface area contributed by atoms with E-state index in [1.165, 1.54) is 12.8 Å². The van der Waals surface area contributed by atoms with Crippen LogP contribution in [-0.2, 0) is 0 Å². The third-order valence-electron chi connectivity index (χ3n) is 2.71. The molecule has 1 N–H and O–H groups in total. The minimum absolute atomic E-state index is 0.456. The Kier molecular flexibility index (Phi) is 6.00. The van der Waals surface area contributed by atoms with Gasteiger partial charge >= 0.3 is 0 Å². The molecule has 0 aliphatic heterocycles. The van der Waals surface area contributed by atoms with Gasteiger partial charge in [-0.1, -0.05) is 56.0 Å². The summed E-state index contributed by atoms with van der Waals surface area (Å²) >= 11 is 12.2. The van der Waals surface area contributed by atoms with Crippen molar-refractivity contribution in [1.29, 1.82) is 0 Å². The molecular weight excluding hydrogens is 241 g/mol. The second-order valence-electron chi connectivity index (χ2n) is 3.99. The Morgan fingerprint density at radius 2 is 1.81 bits per heavy atom. The minimum atomic E-state index is 0.456. The molecule has 1 atom stereocenters. The fourth-order valence-electron chi connectivity index (χ4n) is 1.67. The summed E-state index contributed by atoms with van der Waals surface area (Å²) in [5.41, 5.74) is 0.869. The van der Waals surface area contributed by atoms with E-state index in [1.807, 2.05) is 18.2 Å². The molecule has 1 aromatic carbocycles. The average Bonchev–Trinajstić information content (AvgIpc) is 2.28. The molecule has 0 saturated carbocycles. The molecule has 1 rings (SSSR count). The second kappa shape index (κ2) is 7.03. The number of halogens is 2. The zero-order valence-electron chi connectivity index (χ0n) is 9.89. The number of nitrogens with one attached hydrogen (secondary N) is 1. The molecule has 0 amide bonds. The first kappa shape index (κ1) is 13.7. The third-order valence-corrected chi connectivity index (χ3v) is 3.34. The van der Waals surface area contributed by atoms with Gasteiger partial charge in [0.2, 0.25) is 0 Å². The molecule has 0 saturated heterocycles. The number of anilines is 1. The topological polar surface area (TPSA) is 12.0 Å². The summed E-state index contributed by atoms with van der Waals surface area (Å²) in [5, 5.41) is 4.83. The number of para-hydroxylation sites is 1. The number of hydrogen-bond donors (Lipinski definition) is 1. The lowest BCUT2D eigenvalue weighted by Gasteiger charge is -2.19. The van der Waals surface area contributed by atoms with Gasteiger partial charge in [0.05, 0.1) is 15.7 Å². The summed E-state index contributed by atoms with van der Waals surface area (Å²) in [7, 11) is 0. The van der Waals surface area contributed by atoms with E-state index in [-0.39, 0.29) is 0 Å². The van der Waals surface area contributed by atoms with Crippen LogP contribution in [0.15, 0.2) is 18.2 Å². The monoisotopic (exact) mass is 259 g/mol. The molecule has 0 fully saturated rings. The molecule has 0 radical (unpaired) electrons. The first-order valence-electron chi connectivity index (χ1n) is 5.89. The van der Waals surface area contributed by atoms with Crippen molar-refractivity contribution in [2.24, 2.45) is 0 Å². The zero-order chi connectivity index (χ0) is 12.0. The van der Waals surface area contributed by atoms with Crippen molar-refractivity contribution in [3.63, 3.8) is 0 Å². The van der Waals surface area contributed by atoms with Gasteiger partial charge < -0.3 is 5.32 Å². The summed E-state index contributed by atoms with van der Waals surface area (Å²) < 4.78 is 0. The number of unbranched alkanes of at least 4 members (excludes halogenated alkanes) is 1. The fraction of sp³-hybridized carbons (Fsp3) is 0.538. The van der Waals surface area contributed by atoms with E-state index in [1.54, 1.807) is 0 Å². The van der Waals surface area contributed by atoms with Crippen molar-refractivity contribution < 1.29 is 0 Å². The fourth-order valence-corrected chi connectivity index (χ4v) is 2.18. The predicted octanol–water partition coefficient (Wildman–Crippen LogP) is 5.37. The predicted molar refractivity (Wildman–Crippen MR) is 73.7 cm³/mol. The van der Waals surface area contributed by atoms with Crippen molar-refractivity contribution in [3.05, 3.63) is 28.2 Å². The Hall–Kier alpha value is -0.400. The summed E-state index contributed by atoms with van der Waals surface area (Å²) in [6.45, 7) is 4.38. The highest BCUT2D eigenvalue weighted by Crippen LogP contribution is 2.31. The van der Waals surface area contributed by atoms with Crippen molar-refractivity contribution in [1.82, 2.24) is 0 Å². The van der Waals surface area contributed by atoms with Crippen LogP contribution in [-0.4, -0.2) is 6.04 Å². The van der Waals surface area contributed by atoms with Crippen LogP contribution in [0.4, 0.5) is 5.69 Å². The third kappa shape index (κ3) is 3.88. The maximum Gasteiger partial charge on any atom is 0.0721 e. The van der Waals surface area contributed by atoms with Crippen LogP contribution in [0.3, 0.4) is 0 Å². The van der Waals surface area contributed by atoms with Crippen molar-refractivity contribution >= 4 is 28.9 Å². The van der Waals surface area contributed by atoms with Gasteiger partial charge in [-0.05, 0) is 25.0 Å². The first-order valence-corrected chi connectivity index (χ1v) is 6.65. The molecule has 0 heterocycles. The van der Waals surface area contributed by atoms with Gasteiger partial charge in [-0.2, -0.15) is 0 Å². The Morgan fingerprint density at radius 1 is 1.19 bits per heavy atom. The largest absolute Gasteiger partial charge is 0.380 e. The normalized spacial score (nSPS) is 12.5. The Balaban J connectivity index is 2.69. The van der Waals surface area contributed by atoms with Crippen LogP contribution in [0.1, 0.15) is 39.5 Å². The molecular formula is C13H19Cl2N. The van der Waals surface area contributed by atoms with Crippen molar-refractivity contribution in [2.45, 2.75) is 45.6 Å². The molecule has 0 aliphatic rings. The molecule has 3 heteroatoms. The van der Waals surface area contributed by atoms with E-state index in [4.69, 9.17) is 23.2 Å². The summed E-state index contributed by atoms with van der Waals surface area (Å²) in [4.78, 5) is 0. The van der Waals surface area contributed by atoms with Gasteiger partial charge in [0.15, 0.2) is 0 Å². The van der Waals surface area contributed by atoms with Crippen LogP contribution in [0.2, 0.25) is 10.0 Å². The van der Waals surface area contributed by atoms with Gasteiger partial charge in [0.25, 0.3) is 0 Å². The van der Waals surface area contributed by atoms with E-state index in [9.17, 15) is 0 Å².